The molecule has 0 spiro atoms. The third-order valence-corrected chi connectivity index (χ3v) is 5.42. The van der Waals surface area contributed by atoms with E-state index < -0.39 is 5.60 Å². The van der Waals surface area contributed by atoms with Crippen LogP contribution in [0.2, 0.25) is 0 Å². The summed E-state index contributed by atoms with van der Waals surface area (Å²) in [6.07, 6.45) is 0.596. The second kappa shape index (κ2) is 6.96. The Hall–Kier alpha value is -1.59. The standard InChI is InChI=1S/C20H30N2O3/c1-19(2,3)25-18(24)22-10-9-20(15-23)14-21(12-17(20)13-22)11-16-7-5-4-6-8-16/h4-8,17,23H,9-15H2,1-3H3/t17-,20-/m1/s1. The minimum Gasteiger partial charge on any atom is -0.444 e. The Balaban J connectivity index is 1.65. The van der Waals surface area contributed by atoms with Crippen molar-refractivity contribution in [2.45, 2.75) is 39.3 Å². The van der Waals surface area contributed by atoms with E-state index in [0.29, 0.717) is 19.0 Å². The number of hydrogen-bond donors (Lipinski definition) is 1. The van der Waals surface area contributed by atoms with Crippen molar-refractivity contribution in [2.24, 2.45) is 11.3 Å². The van der Waals surface area contributed by atoms with Crippen LogP contribution >= 0.6 is 0 Å². The molecule has 5 nitrogen and oxygen atoms in total. The van der Waals surface area contributed by atoms with Gasteiger partial charge in [0.05, 0.1) is 6.61 Å². The van der Waals surface area contributed by atoms with Crippen LogP contribution in [0.4, 0.5) is 4.79 Å². The molecular formula is C20H30N2O3. The molecule has 2 fully saturated rings. The molecule has 0 unspecified atom stereocenters. The Morgan fingerprint density at radius 1 is 1.28 bits per heavy atom. The van der Waals surface area contributed by atoms with Crippen molar-refractivity contribution < 1.29 is 14.6 Å². The molecule has 1 aromatic carbocycles. The van der Waals surface area contributed by atoms with Crippen LogP contribution in [0.15, 0.2) is 30.3 Å². The van der Waals surface area contributed by atoms with Gasteiger partial charge in [-0.15, -0.1) is 0 Å². The van der Waals surface area contributed by atoms with Crippen molar-refractivity contribution in [2.75, 3.05) is 32.8 Å². The summed E-state index contributed by atoms with van der Waals surface area (Å²) in [7, 11) is 0. The van der Waals surface area contributed by atoms with E-state index in [4.69, 9.17) is 4.74 Å². The van der Waals surface area contributed by atoms with E-state index in [1.165, 1.54) is 5.56 Å². The number of aliphatic hydroxyl groups is 1. The quantitative estimate of drug-likeness (QED) is 0.914. The molecule has 2 atom stereocenters. The first-order chi connectivity index (χ1) is 11.8. The lowest BCUT2D eigenvalue weighted by Gasteiger charge is -2.42. The second-order valence-electron chi connectivity index (χ2n) is 8.55. The molecule has 2 aliphatic rings. The van der Waals surface area contributed by atoms with Crippen molar-refractivity contribution in [3.8, 4) is 0 Å². The van der Waals surface area contributed by atoms with Crippen molar-refractivity contribution in [1.29, 1.82) is 0 Å². The number of carbonyl (C=O) groups is 1. The lowest BCUT2D eigenvalue weighted by Crippen LogP contribution is -2.51. The van der Waals surface area contributed by atoms with Gasteiger partial charge in [-0.1, -0.05) is 30.3 Å². The molecule has 25 heavy (non-hydrogen) atoms. The molecule has 0 bridgehead atoms. The second-order valence-corrected chi connectivity index (χ2v) is 8.55. The number of amides is 1. The first kappa shape index (κ1) is 18.2. The molecule has 0 saturated carbocycles. The minimum absolute atomic E-state index is 0.0900. The van der Waals surface area contributed by atoms with Gasteiger partial charge in [-0.25, -0.2) is 4.79 Å². The fourth-order valence-corrected chi connectivity index (χ4v) is 4.11. The van der Waals surface area contributed by atoms with E-state index in [0.717, 1.165) is 26.1 Å². The fraction of sp³-hybridized carbons (Fsp3) is 0.650. The number of likely N-dealkylation sites (tertiary alicyclic amines) is 2. The highest BCUT2D eigenvalue weighted by atomic mass is 16.6. The predicted octanol–water partition coefficient (Wildman–Crippen LogP) is 2.74. The maximum absolute atomic E-state index is 12.4. The average Bonchev–Trinajstić information content (AvgIpc) is 2.91. The van der Waals surface area contributed by atoms with Gasteiger partial charge < -0.3 is 14.7 Å². The van der Waals surface area contributed by atoms with E-state index in [1.807, 2.05) is 31.7 Å². The highest BCUT2D eigenvalue weighted by Gasteiger charge is 2.50. The maximum atomic E-state index is 12.4. The van der Waals surface area contributed by atoms with Crippen LogP contribution in [0, 0.1) is 11.3 Å². The Kier molecular flexibility index (Phi) is 5.07. The van der Waals surface area contributed by atoms with Crippen molar-refractivity contribution in [3.63, 3.8) is 0 Å². The number of ether oxygens (including phenoxy) is 1. The summed E-state index contributed by atoms with van der Waals surface area (Å²) >= 11 is 0. The van der Waals surface area contributed by atoms with Gasteiger partial charge in [0.25, 0.3) is 0 Å². The fourth-order valence-electron chi connectivity index (χ4n) is 4.11. The number of piperidine rings is 1. The van der Waals surface area contributed by atoms with Gasteiger partial charge in [-0.05, 0) is 38.7 Å². The number of nitrogens with zero attached hydrogens (tertiary/aromatic N) is 2. The van der Waals surface area contributed by atoms with Gasteiger partial charge in [0.2, 0.25) is 0 Å². The highest BCUT2D eigenvalue weighted by molar-refractivity contribution is 5.68. The first-order valence-corrected chi connectivity index (χ1v) is 9.16. The summed E-state index contributed by atoms with van der Waals surface area (Å²) in [5.41, 5.74) is 0.725. The van der Waals surface area contributed by atoms with Crippen LogP contribution in [-0.2, 0) is 11.3 Å². The van der Waals surface area contributed by atoms with Crippen molar-refractivity contribution >= 4 is 6.09 Å². The third kappa shape index (κ3) is 4.15. The lowest BCUT2D eigenvalue weighted by molar-refractivity contribution is -0.0121. The summed E-state index contributed by atoms with van der Waals surface area (Å²) in [4.78, 5) is 16.6. The topological polar surface area (TPSA) is 53.0 Å². The smallest absolute Gasteiger partial charge is 0.410 e. The average molecular weight is 346 g/mol. The van der Waals surface area contributed by atoms with Crippen LogP contribution in [0.5, 0.6) is 0 Å². The molecular weight excluding hydrogens is 316 g/mol. The lowest BCUT2D eigenvalue weighted by atomic mass is 9.73. The molecule has 2 aliphatic heterocycles. The third-order valence-electron chi connectivity index (χ3n) is 5.42. The number of rotatable bonds is 3. The Labute approximate surface area is 150 Å². The molecule has 1 amide bonds. The van der Waals surface area contributed by atoms with Crippen molar-refractivity contribution in [1.82, 2.24) is 9.80 Å². The maximum Gasteiger partial charge on any atom is 0.410 e. The summed E-state index contributed by atoms with van der Waals surface area (Å²) < 4.78 is 5.53. The summed E-state index contributed by atoms with van der Waals surface area (Å²) in [6, 6.07) is 10.4. The zero-order chi connectivity index (χ0) is 18.1. The van der Waals surface area contributed by atoms with E-state index >= 15 is 0 Å². The molecule has 0 radical (unpaired) electrons. The van der Waals surface area contributed by atoms with E-state index in [1.54, 1.807) is 0 Å². The normalized spacial score (nSPS) is 27.2. The Morgan fingerprint density at radius 2 is 2.00 bits per heavy atom. The first-order valence-electron chi connectivity index (χ1n) is 9.16. The predicted molar refractivity (Wildman–Crippen MR) is 97.2 cm³/mol. The van der Waals surface area contributed by atoms with Gasteiger partial charge in [0.15, 0.2) is 0 Å². The summed E-state index contributed by atoms with van der Waals surface area (Å²) in [5.74, 6) is 0.294. The van der Waals surface area contributed by atoms with E-state index in [2.05, 4.69) is 29.2 Å². The zero-order valence-electron chi connectivity index (χ0n) is 15.6. The monoisotopic (exact) mass is 346 g/mol. The van der Waals surface area contributed by atoms with Crippen LogP contribution in [-0.4, -0.2) is 59.4 Å². The number of hydrogen-bond acceptors (Lipinski definition) is 4. The Bertz CT molecular complexity index is 599. The largest absolute Gasteiger partial charge is 0.444 e. The minimum atomic E-state index is -0.475. The van der Waals surface area contributed by atoms with E-state index in [-0.39, 0.29) is 18.1 Å². The van der Waals surface area contributed by atoms with Crippen LogP contribution in [0.1, 0.15) is 32.8 Å². The number of aliphatic hydroxyl groups excluding tert-OH is 1. The van der Waals surface area contributed by atoms with Crippen LogP contribution in [0.3, 0.4) is 0 Å². The van der Waals surface area contributed by atoms with Gasteiger partial charge in [-0.3, -0.25) is 4.90 Å². The molecule has 3 rings (SSSR count). The molecule has 0 aromatic heterocycles. The molecule has 138 valence electrons. The molecule has 5 heteroatoms. The van der Waals surface area contributed by atoms with E-state index in [9.17, 15) is 9.90 Å². The van der Waals surface area contributed by atoms with Gasteiger partial charge >= 0.3 is 6.09 Å². The number of fused-ring (bicyclic) bond motifs is 1. The Morgan fingerprint density at radius 3 is 2.64 bits per heavy atom. The highest BCUT2D eigenvalue weighted by Crippen LogP contribution is 2.43. The molecule has 2 saturated heterocycles. The molecule has 1 aromatic rings. The van der Waals surface area contributed by atoms with Gasteiger partial charge in [0.1, 0.15) is 5.60 Å². The van der Waals surface area contributed by atoms with Crippen LogP contribution in [0.25, 0.3) is 0 Å². The summed E-state index contributed by atoms with van der Waals surface area (Å²) in [6.45, 7) is 9.89. The number of carbonyl (C=O) groups excluding carboxylic acids is 1. The zero-order valence-corrected chi connectivity index (χ0v) is 15.6. The van der Waals surface area contributed by atoms with Crippen LogP contribution < -0.4 is 0 Å². The summed E-state index contributed by atoms with van der Waals surface area (Å²) in [5, 5.41) is 10.1. The molecule has 2 heterocycles. The van der Waals surface area contributed by atoms with Gasteiger partial charge in [-0.2, -0.15) is 0 Å². The van der Waals surface area contributed by atoms with Gasteiger partial charge in [0, 0.05) is 38.1 Å². The molecule has 1 N–H and O–H groups in total. The number of benzene rings is 1. The SMILES string of the molecule is CC(C)(C)OC(=O)N1CC[C@]2(CO)CN(Cc3ccccc3)C[C@@H]2C1. The van der Waals surface area contributed by atoms with Crippen molar-refractivity contribution in [3.05, 3.63) is 35.9 Å². The molecule has 0 aliphatic carbocycles.